The van der Waals surface area contributed by atoms with E-state index < -0.39 is 0 Å². The number of hydrogen-bond acceptors (Lipinski definition) is 5. The van der Waals surface area contributed by atoms with Gasteiger partial charge in [-0.2, -0.15) is 0 Å². The molecule has 0 radical (unpaired) electrons. The third kappa shape index (κ3) is 5.95. The van der Waals surface area contributed by atoms with Gasteiger partial charge in [0.2, 0.25) is 5.95 Å². The number of guanidine groups is 1. The van der Waals surface area contributed by atoms with Gasteiger partial charge in [-0.05, 0) is 30.2 Å². The van der Waals surface area contributed by atoms with Crippen molar-refractivity contribution in [2.45, 2.75) is 6.42 Å². The molecule has 1 aromatic carbocycles. The highest BCUT2D eigenvalue weighted by Crippen LogP contribution is 2.12. The summed E-state index contributed by atoms with van der Waals surface area (Å²) < 4.78 is 5.19. The summed E-state index contributed by atoms with van der Waals surface area (Å²) in [6.07, 6.45) is 4.52. The fraction of sp³-hybridized carbons (Fsp3) is 0.421. The first-order valence-corrected chi connectivity index (χ1v) is 8.90. The van der Waals surface area contributed by atoms with Gasteiger partial charge < -0.3 is 19.9 Å². The molecule has 0 unspecified atom stereocenters. The second-order valence-corrected chi connectivity index (χ2v) is 6.09. The number of anilines is 1. The van der Waals surface area contributed by atoms with Gasteiger partial charge in [-0.25, -0.2) is 9.97 Å². The fourth-order valence-corrected chi connectivity index (χ4v) is 3.02. The lowest BCUT2D eigenvalue weighted by Gasteiger charge is -2.36. The summed E-state index contributed by atoms with van der Waals surface area (Å²) in [4.78, 5) is 17.6. The van der Waals surface area contributed by atoms with E-state index in [1.54, 1.807) is 19.5 Å². The van der Waals surface area contributed by atoms with Crippen LogP contribution in [0.3, 0.4) is 0 Å². The van der Waals surface area contributed by atoms with Gasteiger partial charge in [0.25, 0.3) is 0 Å². The zero-order valence-electron chi connectivity index (χ0n) is 15.8. The summed E-state index contributed by atoms with van der Waals surface area (Å²) >= 11 is 0. The molecule has 2 aromatic rings. The highest BCUT2D eigenvalue weighted by Gasteiger charge is 2.20. The Morgan fingerprint density at radius 2 is 1.78 bits per heavy atom. The van der Waals surface area contributed by atoms with Crippen molar-refractivity contribution in [1.82, 2.24) is 20.2 Å². The predicted octanol–water partition coefficient (Wildman–Crippen LogP) is 2.04. The van der Waals surface area contributed by atoms with Gasteiger partial charge in [-0.1, -0.05) is 12.1 Å². The van der Waals surface area contributed by atoms with E-state index in [1.165, 1.54) is 5.56 Å². The van der Waals surface area contributed by atoms with Crippen LogP contribution in [0.15, 0.2) is 47.7 Å². The number of rotatable bonds is 5. The highest BCUT2D eigenvalue weighted by molar-refractivity contribution is 14.0. The molecule has 0 atom stereocenters. The van der Waals surface area contributed by atoms with Crippen molar-refractivity contribution in [2.24, 2.45) is 4.99 Å². The van der Waals surface area contributed by atoms with Crippen molar-refractivity contribution in [2.75, 3.05) is 51.8 Å². The number of aliphatic imine (C=N–C) groups is 1. The molecular formula is C19H27IN6O. The summed E-state index contributed by atoms with van der Waals surface area (Å²) in [5, 5.41) is 3.47. The Morgan fingerprint density at radius 1 is 1.11 bits per heavy atom. The Balaban J connectivity index is 0.00000261. The van der Waals surface area contributed by atoms with Crippen LogP contribution >= 0.6 is 24.0 Å². The Morgan fingerprint density at radius 3 is 2.37 bits per heavy atom. The summed E-state index contributed by atoms with van der Waals surface area (Å²) in [7, 11) is 3.52. The molecule has 7 nitrogen and oxygen atoms in total. The first-order chi connectivity index (χ1) is 12.8. The zero-order valence-corrected chi connectivity index (χ0v) is 18.2. The van der Waals surface area contributed by atoms with Crippen molar-refractivity contribution >= 4 is 35.9 Å². The van der Waals surface area contributed by atoms with Crippen molar-refractivity contribution < 1.29 is 4.74 Å². The number of methoxy groups -OCH3 is 1. The zero-order chi connectivity index (χ0) is 18.2. The molecular weight excluding hydrogens is 455 g/mol. The van der Waals surface area contributed by atoms with Gasteiger partial charge in [0.15, 0.2) is 5.96 Å². The lowest BCUT2D eigenvalue weighted by Crippen LogP contribution is -2.53. The molecule has 1 N–H and O–H groups in total. The van der Waals surface area contributed by atoms with Crippen molar-refractivity contribution in [3.63, 3.8) is 0 Å². The van der Waals surface area contributed by atoms with Crippen molar-refractivity contribution in [3.8, 4) is 5.75 Å². The maximum absolute atomic E-state index is 5.19. The SMILES string of the molecule is CN=C(NCCc1ccc(OC)cc1)N1CCN(c2ncccn2)CC1.I. The maximum atomic E-state index is 5.19. The van der Waals surface area contributed by atoms with Crippen LogP contribution in [0.1, 0.15) is 5.56 Å². The molecule has 1 aliphatic rings. The smallest absolute Gasteiger partial charge is 0.225 e. The van der Waals surface area contributed by atoms with Crippen LogP contribution in [0, 0.1) is 0 Å². The number of nitrogens with one attached hydrogen (secondary N) is 1. The standard InChI is InChI=1S/C19H26N6O.HI/c1-20-18(23-11-8-16-4-6-17(26-2)7-5-16)24-12-14-25(15-13-24)19-21-9-3-10-22-19;/h3-7,9-10H,8,11-15H2,1-2H3,(H,20,23);1H. The van der Waals surface area contributed by atoms with E-state index in [0.717, 1.165) is 56.8 Å². The Hall–Kier alpha value is -2.10. The van der Waals surface area contributed by atoms with Crippen molar-refractivity contribution in [1.29, 1.82) is 0 Å². The second-order valence-electron chi connectivity index (χ2n) is 6.09. The minimum Gasteiger partial charge on any atom is -0.497 e. The van der Waals surface area contributed by atoms with Gasteiger partial charge in [0.05, 0.1) is 7.11 Å². The summed E-state index contributed by atoms with van der Waals surface area (Å²) in [5.74, 6) is 2.64. The summed E-state index contributed by atoms with van der Waals surface area (Å²) in [5.41, 5.74) is 1.28. The Labute approximate surface area is 177 Å². The largest absolute Gasteiger partial charge is 0.497 e. The van der Waals surface area contributed by atoms with Crippen LogP contribution in [-0.2, 0) is 6.42 Å². The van der Waals surface area contributed by atoms with Gasteiger partial charge in [-0.3, -0.25) is 4.99 Å². The van der Waals surface area contributed by atoms with Crippen LogP contribution < -0.4 is 15.0 Å². The molecule has 2 heterocycles. The fourth-order valence-electron chi connectivity index (χ4n) is 3.02. The number of benzene rings is 1. The van der Waals surface area contributed by atoms with Gasteiger partial charge >= 0.3 is 0 Å². The lowest BCUT2D eigenvalue weighted by molar-refractivity contribution is 0.370. The number of hydrogen-bond donors (Lipinski definition) is 1. The molecule has 0 aliphatic carbocycles. The number of ether oxygens (including phenoxy) is 1. The number of piperazine rings is 1. The van der Waals surface area contributed by atoms with Crippen LogP contribution in [0.5, 0.6) is 5.75 Å². The minimum absolute atomic E-state index is 0. The van der Waals surface area contributed by atoms with Crippen molar-refractivity contribution in [3.05, 3.63) is 48.3 Å². The molecule has 1 aliphatic heterocycles. The predicted molar refractivity (Wildman–Crippen MR) is 119 cm³/mol. The van der Waals surface area contributed by atoms with Gasteiger partial charge in [-0.15, -0.1) is 24.0 Å². The molecule has 0 spiro atoms. The third-order valence-electron chi connectivity index (χ3n) is 4.48. The first kappa shape index (κ1) is 21.2. The molecule has 0 saturated carbocycles. The molecule has 146 valence electrons. The van der Waals surface area contributed by atoms with E-state index in [9.17, 15) is 0 Å². The molecule has 3 rings (SSSR count). The number of aromatic nitrogens is 2. The molecule has 0 amide bonds. The van der Waals surface area contributed by atoms with E-state index in [0.29, 0.717) is 0 Å². The summed E-state index contributed by atoms with van der Waals surface area (Å²) in [6, 6.07) is 10.0. The number of halogens is 1. The topological polar surface area (TPSA) is 65.9 Å². The van der Waals surface area contributed by atoms with Crippen LogP contribution in [0.4, 0.5) is 5.95 Å². The average Bonchev–Trinajstić information content (AvgIpc) is 2.72. The van der Waals surface area contributed by atoms with Crippen LogP contribution in [0.2, 0.25) is 0 Å². The highest BCUT2D eigenvalue weighted by atomic mass is 127. The van der Waals surface area contributed by atoms with E-state index in [1.807, 2.05) is 25.2 Å². The molecule has 8 heteroatoms. The van der Waals surface area contributed by atoms with E-state index >= 15 is 0 Å². The molecule has 1 saturated heterocycles. The molecule has 1 aromatic heterocycles. The second kappa shape index (κ2) is 10.9. The van der Waals surface area contributed by atoms with E-state index in [-0.39, 0.29) is 24.0 Å². The number of nitrogens with zero attached hydrogens (tertiary/aromatic N) is 5. The maximum Gasteiger partial charge on any atom is 0.225 e. The lowest BCUT2D eigenvalue weighted by atomic mass is 10.1. The van der Waals surface area contributed by atoms with Gasteiger partial charge in [0.1, 0.15) is 5.75 Å². The quantitative estimate of drug-likeness (QED) is 0.400. The van der Waals surface area contributed by atoms with Crippen LogP contribution in [-0.4, -0.2) is 67.7 Å². The van der Waals surface area contributed by atoms with Crippen LogP contribution in [0.25, 0.3) is 0 Å². The molecule has 27 heavy (non-hydrogen) atoms. The molecule has 1 fully saturated rings. The Bertz CT molecular complexity index is 702. The Kier molecular flexibility index (Phi) is 8.56. The van der Waals surface area contributed by atoms with E-state index in [4.69, 9.17) is 4.74 Å². The minimum atomic E-state index is 0. The summed E-state index contributed by atoms with van der Waals surface area (Å²) in [6.45, 7) is 4.44. The molecule has 0 bridgehead atoms. The van der Waals surface area contributed by atoms with Gasteiger partial charge in [0, 0.05) is 52.2 Å². The monoisotopic (exact) mass is 482 g/mol. The van der Waals surface area contributed by atoms with E-state index in [2.05, 4.69) is 42.2 Å². The third-order valence-corrected chi connectivity index (χ3v) is 4.48. The normalized spacial score (nSPS) is 14.5. The first-order valence-electron chi connectivity index (χ1n) is 8.90. The average molecular weight is 482 g/mol.